The summed E-state index contributed by atoms with van der Waals surface area (Å²) in [6.07, 6.45) is 0. The second-order valence-electron chi connectivity index (χ2n) is 6.25. The van der Waals surface area contributed by atoms with Crippen LogP contribution in [0.15, 0.2) is 30.3 Å². The maximum Gasteiger partial charge on any atom is 0.321 e. The van der Waals surface area contributed by atoms with Crippen molar-refractivity contribution in [3.63, 3.8) is 0 Å². The van der Waals surface area contributed by atoms with Crippen LogP contribution in [0.3, 0.4) is 0 Å². The van der Waals surface area contributed by atoms with Gasteiger partial charge in [0.2, 0.25) is 0 Å². The zero-order valence-electron chi connectivity index (χ0n) is 13.4. The van der Waals surface area contributed by atoms with Gasteiger partial charge >= 0.3 is 16.2 Å². The Morgan fingerprint density at radius 2 is 1.83 bits per heavy atom. The maximum absolute atomic E-state index is 12.4. The van der Waals surface area contributed by atoms with Gasteiger partial charge in [0.05, 0.1) is 13.1 Å². The Hall–Kier alpha value is -1.93. The molecule has 1 saturated heterocycles. The molecule has 7 nitrogen and oxygen atoms in total. The molecule has 1 aliphatic heterocycles. The van der Waals surface area contributed by atoms with E-state index in [0.29, 0.717) is 5.56 Å². The molecule has 0 aliphatic carbocycles. The van der Waals surface area contributed by atoms with Crippen LogP contribution in [0.1, 0.15) is 26.3 Å². The molecular formula is C15H20N2O5S. The normalized spacial score (nSPS) is 18.2. The predicted octanol–water partition coefficient (Wildman–Crippen LogP) is 0.917. The Morgan fingerprint density at radius 1 is 1.22 bits per heavy atom. The molecule has 2 rings (SSSR count). The van der Waals surface area contributed by atoms with Crippen LogP contribution in [0.4, 0.5) is 0 Å². The summed E-state index contributed by atoms with van der Waals surface area (Å²) < 4.78 is 31.6. The summed E-state index contributed by atoms with van der Waals surface area (Å²) in [5.74, 6) is -1.24. The van der Waals surface area contributed by atoms with E-state index < -0.39 is 34.2 Å². The zero-order valence-corrected chi connectivity index (χ0v) is 14.2. The number of esters is 1. The summed E-state index contributed by atoms with van der Waals surface area (Å²) in [5.41, 5.74) is -0.0163. The Labute approximate surface area is 136 Å². The molecule has 0 aromatic heterocycles. The van der Waals surface area contributed by atoms with Crippen LogP contribution in [0, 0.1) is 0 Å². The lowest BCUT2D eigenvalue weighted by atomic mass is 10.2. The third-order valence-electron chi connectivity index (χ3n) is 3.09. The molecule has 0 radical (unpaired) electrons. The predicted molar refractivity (Wildman–Crippen MR) is 83.3 cm³/mol. The minimum atomic E-state index is -4.01. The number of rotatable bonds is 4. The summed E-state index contributed by atoms with van der Waals surface area (Å²) in [5, 5.41) is 0. The molecule has 1 fully saturated rings. The Balaban J connectivity index is 2.11. The van der Waals surface area contributed by atoms with Crippen LogP contribution in [0.25, 0.3) is 0 Å². The Kier molecular flexibility index (Phi) is 4.76. The third kappa shape index (κ3) is 4.29. The van der Waals surface area contributed by atoms with Crippen LogP contribution in [0.2, 0.25) is 0 Å². The van der Waals surface area contributed by atoms with Crippen molar-refractivity contribution in [2.75, 3.05) is 13.1 Å². The second-order valence-corrected chi connectivity index (χ2v) is 8.10. The monoisotopic (exact) mass is 340 g/mol. The molecule has 0 bridgehead atoms. The van der Waals surface area contributed by atoms with Gasteiger partial charge in [0.25, 0.3) is 5.91 Å². The highest BCUT2D eigenvalue weighted by atomic mass is 32.2. The molecule has 8 heteroatoms. The van der Waals surface area contributed by atoms with Crippen LogP contribution in [-0.4, -0.2) is 47.6 Å². The number of carbonyl (C=O) groups is 2. The number of benzene rings is 1. The molecule has 0 atom stereocenters. The van der Waals surface area contributed by atoms with Gasteiger partial charge < -0.3 is 4.74 Å². The van der Waals surface area contributed by atoms with Gasteiger partial charge in [-0.3, -0.25) is 9.59 Å². The highest BCUT2D eigenvalue weighted by Crippen LogP contribution is 2.21. The molecule has 1 aromatic rings. The molecule has 1 amide bonds. The lowest BCUT2D eigenvalue weighted by molar-refractivity contribution is -0.154. The van der Waals surface area contributed by atoms with Crippen molar-refractivity contribution in [3.05, 3.63) is 35.9 Å². The molecular weight excluding hydrogens is 320 g/mol. The van der Waals surface area contributed by atoms with Crippen LogP contribution < -0.4 is 0 Å². The summed E-state index contributed by atoms with van der Waals surface area (Å²) in [6.45, 7) is 4.20. The molecule has 126 valence electrons. The first kappa shape index (κ1) is 17.4. The quantitative estimate of drug-likeness (QED) is 0.761. The largest absolute Gasteiger partial charge is 0.459 e. The van der Waals surface area contributed by atoms with Gasteiger partial charge in [-0.15, -0.1) is 0 Å². The van der Waals surface area contributed by atoms with E-state index >= 15 is 0 Å². The van der Waals surface area contributed by atoms with Gasteiger partial charge in [0, 0.05) is 0 Å². The smallest absolute Gasteiger partial charge is 0.321 e. The van der Waals surface area contributed by atoms with E-state index in [9.17, 15) is 18.0 Å². The van der Waals surface area contributed by atoms with Crippen LogP contribution in [-0.2, 0) is 31.1 Å². The van der Waals surface area contributed by atoms with Crippen molar-refractivity contribution >= 4 is 22.1 Å². The van der Waals surface area contributed by atoms with Crippen molar-refractivity contribution in [1.82, 2.24) is 8.61 Å². The average molecular weight is 340 g/mol. The van der Waals surface area contributed by atoms with E-state index in [1.807, 2.05) is 0 Å². The van der Waals surface area contributed by atoms with Crippen molar-refractivity contribution in [2.45, 2.75) is 32.9 Å². The highest BCUT2D eigenvalue weighted by molar-refractivity contribution is 7.87. The number of ether oxygens (including phenoxy) is 1. The topological polar surface area (TPSA) is 84.0 Å². The molecule has 1 heterocycles. The number of carbonyl (C=O) groups excluding carboxylic acids is 2. The van der Waals surface area contributed by atoms with Gasteiger partial charge in [-0.05, 0) is 26.3 Å². The fraction of sp³-hybridized carbons (Fsp3) is 0.467. The fourth-order valence-corrected chi connectivity index (χ4v) is 3.60. The van der Waals surface area contributed by atoms with E-state index in [1.165, 1.54) is 0 Å². The second kappa shape index (κ2) is 6.29. The SMILES string of the molecule is CC(C)(C)OC(=O)CN1CC(=O)N(Cc2ccccc2)S1(=O)=O. The number of amides is 1. The maximum atomic E-state index is 12.4. The first-order valence-electron chi connectivity index (χ1n) is 7.16. The van der Waals surface area contributed by atoms with E-state index in [1.54, 1.807) is 51.1 Å². The average Bonchev–Trinajstić information content (AvgIpc) is 2.61. The molecule has 1 aromatic carbocycles. The summed E-state index contributed by atoms with van der Waals surface area (Å²) in [7, 11) is -4.01. The molecule has 23 heavy (non-hydrogen) atoms. The molecule has 1 aliphatic rings. The summed E-state index contributed by atoms with van der Waals surface area (Å²) in [4.78, 5) is 23.8. The third-order valence-corrected chi connectivity index (χ3v) is 4.89. The molecule has 0 N–H and O–H groups in total. The minimum Gasteiger partial charge on any atom is -0.459 e. The highest BCUT2D eigenvalue weighted by Gasteiger charge is 2.43. The standard InChI is InChI=1S/C15H20N2O5S/c1-15(2,3)22-14(19)11-16-10-13(18)17(23(16,20)21)9-12-7-5-4-6-8-12/h4-8H,9-11H2,1-3H3. The minimum absolute atomic E-state index is 0.0488. The number of hydrogen-bond acceptors (Lipinski definition) is 5. The van der Waals surface area contributed by atoms with Crippen molar-refractivity contribution in [2.24, 2.45) is 0 Å². The first-order chi connectivity index (χ1) is 10.6. The van der Waals surface area contributed by atoms with E-state index in [-0.39, 0.29) is 13.1 Å². The van der Waals surface area contributed by atoms with Gasteiger partial charge in [0.1, 0.15) is 12.1 Å². The Morgan fingerprint density at radius 3 is 2.39 bits per heavy atom. The number of hydrogen-bond donors (Lipinski definition) is 0. The van der Waals surface area contributed by atoms with Crippen molar-refractivity contribution in [3.8, 4) is 0 Å². The zero-order chi connectivity index (χ0) is 17.3. The van der Waals surface area contributed by atoms with E-state index in [2.05, 4.69) is 0 Å². The fourth-order valence-electron chi connectivity index (χ4n) is 2.15. The van der Waals surface area contributed by atoms with Gasteiger partial charge in [-0.25, -0.2) is 4.31 Å². The summed E-state index contributed by atoms with van der Waals surface area (Å²) >= 11 is 0. The van der Waals surface area contributed by atoms with Crippen molar-refractivity contribution < 1.29 is 22.7 Å². The van der Waals surface area contributed by atoms with Gasteiger partial charge in [0.15, 0.2) is 0 Å². The Bertz CT molecular complexity index is 694. The first-order valence-corrected chi connectivity index (χ1v) is 8.56. The van der Waals surface area contributed by atoms with Crippen LogP contribution >= 0.6 is 0 Å². The van der Waals surface area contributed by atoms with E-state index in [4.69, 9.17) is 4.74 Å². The number of nitrogens with zero attached hydrogens (tertiary/aromatic N) is 2. The van der Waals surface area contributed by atoms with Gasteiger partial charge in [-0.2, -0.15) is 12.7 Å². The van der Waals surface area contributed by atoms with Crippen molar-refractivity contribution in [1.29, 1.82) is 0 Å². The van der Waals surface area contributed by atoms with Gasteiger partial charge in [-0.1, -0.05) is 30.3 Å². The molecule has 0 spiro atoms. The van der Waals surface area contributed by atoms with E-state index in [0.717, 1.165) is 8.61 Å². The summed E-state index contributed by atoms with van der Waals surface area (Å²) in [6, 6.07) is 8.80. The lowest BCUT2D eigenvalue weighted by Crippen LogP contribution is -2.38. The van der Waals surface area contributed by atoms with Crippen LogP contribution in [0.5, 0.6) is 0 Å². The molecule has 0 unspecified atom stereocenters. The molecule has 0 saturated carbocycles. The lowest BCUT2D eigenvalue weighted by Gasteiger charge is -2.22.